The first kappa shape index (κ1) is 19.7. The van der Waals surface area contributed by atoms with Gasteiger partial charge in [-0.3, -0.25) is 9.69 Å². The number of nitrogens with one attached hydrogen (secondary N) is 1. The molecule has 2 heterocycles. The zero-order chi connectivity index (χ0) is 19.8. The highest BCUT2D eigenvalue weighted by Crippen LogP contribution is 2.31. The summed E-state index contributed by atoms with van der Waals surface area (Å²) < 4.78 is 39.5. The lowest BCUT2D eigenvalue weighted by Gasteiger charge is -2.37. The Labute approximate surface area is 156 Å². The first-order chi connectivity index (χ1) is 12.6. The number of aromatic nitrogens is 2. The third-order valence-electron chi connectivity index (χ3n) is 4.90. The van der Waals surface area contributed by atoms with Gasteiger partial charge in [-0.2, -0.15) is 18.2 Å². The lowest BCUT2D eigenvalue weighted by molar-refractivity contribution is -0.141. The summed E-state index contributed by atoms with van der Waals surface area (Å²) in [7, 11) is 3.29. The molecule has 0 bridgehead atoms. The summed E-state index contributed by atoms with van der Waals surface area (Å²) in [6.45, 7) is 3.93. The summed E-state index contributed by atoms with van der Waals surface area (Å²) >= 11 is 0. The maximum absolute atomic E-state index is 13.2. The Morgan fingerprint density at radius 1 is 1.22 bits per heavy atom. The molecule has 1 saturated heterocycles. The van der Waals surface area contributed by atoms with E-state index >= 15 is 0 Å². The van der Waals surface area contributed by atoms with E-state index in [0.29, 0.717) is 32.2 Å². The fraction of sp³-hybridized carbons (Fsp3) is 0.706. The van der Waals surface area contributed by atoms with Crippen LogP contribution in [0.15, 0.2) is 6.07 Å². The number of nitrogens with zero attached hydrogens (tertiary/aromatic N) is 5. The van der Waals surface area contributed by atoms with E-state index in [4.69, 9.17) is 0 Å². The quantitative estimate of drug-likeness (QED) is 0.824. The molecule has 1 N–H and O–H groups in total. The van der Waals surface area contributed by atoms with Gasteiger partial charge in [0, 0.05) is 52.4 Å². The average Bonchev–Trinajstić information content (AvgIpc) is 3.44. The number of halogens is 3. The number of anilines is 2. The molecule has 0 radical (unpaired) electrons. The highest BCUT2D eigenvalue weighted by molar-refractivity contribution is 5.81. The molecule has 1 amide bonds. The SMILES string of the molecule is CC(C(=O)NC1CC1)N1CCN(c2nc(N(C)C)cc(C(F)(F)F)n2)CC1. The van der Waals surface area contributed by atoms with Crippen molar-refractivity contribution in [1.29, 1.82) is 0 Å². The number of hydrogen-bond acceptors (Lipinski definition) is 6. The number of rotatable bonds is 5. The van der Waals surface area contributed by atoms with Crippen LogP contribution in [0.3, 0.4) is 0 Å². The number of piperazine rings is 1. The fourth-order valence-corrected chi connectivity index (χ4v) is 2.96. The Morgan fingerprint density at radius 2 is 1.85 bits per heavy atom. The normalized spacial score (nSPS) is 19.7. The van der Waals surface area contributed by atoms with E-state index in [0.717, 1.165) is 18.9 Å². The van der Waals surface area contributed by atoms with Crippen molar-refractivity contribution < 1.29 is 18.0 Å². The van der Waals surface area contributed by atoms with Crippen molar-refractivity contribution in [3.8, 4) is 0 Å². The smallest absolute Gasteiger partial charge is 0.363 e. The second-order valence-corrected chi connectivity index (χ2v) is 7.29. The third-order valence-corrected chi connectivity index (χ3v) is 4.90. The molecule has 1 aliphatic carbocycles. The molecule has 1 atom stereocenters. The molecule has 1 saturated carbocycles. The lowest BCUT2D eigenvalue weighted by Crippen LogP contribution is -2.54. The first-order valence-electron chi connectivity index (χ1n) is 9.08. The zero-order valence-electron chi connectivity index (χ0n) is 15.8. The molecule has 10 heteroatoms. The van der Waals surface area contributed by atoms with Crippen molar-refractivity contribution >= 4 is 17.7 Å². The summed E-state index contributed by atoms with van der Waals surface area (Å²) in [5.74, 6) is 0.298. The molecule has 1 aliphatic heterocycles. The molecule has 1 aromatic heterocycles. The summed E-state index contributed by atoms with van der Waals surface area (Å²) in [4.78, 5) is 25.5. The van der Waals surface area contributed by atoms with Crippen molar-refractivity contribution in [2.45, 2.75) is 38.0 Å². The van der Waals surface area contributed by atoms with Gasteiger partial charge in [-0.1, -0.05) is 0 Å². The summed E-state index contributed by atoms with van der Waals surface area (Å²) in [5.41, 5.74) is -0.948. The van der Waals surface area contributed by atoms with Crippen LogP contribution in [0.5, 0.6) is 0 Å². The monoisotopic (exact) mass is 386 g/mol. The van der Waals surface area contributed by atoms with E-state index in [1.165, 1.54) is 4.90 Å². The summed E-state index contributed by atoms with van der Waals surface area (Å²) in [5, 5.41) is 2.99. The lowest BCUT2D eigenvalue weighted by atomic mass is 10.2. The van der Waals surface area contributed by atoms with Crippen LogP contribution in [0.25, 0.3) is 0 Å². The Hall–Kier alpha value is -2.10. The Balaban J connectivity index is 1.68. The van der Waals surface area contributed by atoms with Gasteiger partial charge in [0.15, 0.2) is 5.69 Å². The van der Waals surface area contributed by atoms with Gasteiger partial charge in [0.25, 0.3) is 0 Å². The molecule has 2 aliphatic rings. The van der Waals surface area contributed by atoms with Crippen LogP contribution in [0, 0.1) is 0 Å². The molecule has 150 valence electrons. The van der Waals surface area contributed by atoms with Crippen LogP contribution in [0.4, 0.5) is 24.9 Å². The Bertz CT molecular complexity index is 684. The van der Waals surface area contributed by atoms with Gasteiger partial charge in [0.2, 0.25) is 11.9 Å². The average molecular weight is 386 g/mol. The van der Waals surface area contributed by atoms with E-state index in [9.17, 15) is 18.0 Å². The van der Waals surface area contributed by atoms with E-state index in [1.807, 2.05) is 11.8 Å². The zero-order valence-corrected chi connectivity index (χ0v) is 15.8. The molecule has 7 nitrogen and oxygen atoms in total. The number of carbonyl (C=O) groups excluding carboxylic acids is 1. The van der Waals surface area contributed by atoms with Crippen LogP contribution < -0.4 is 15.1 Å². The molecule has 0 spiro atoms. The highest BCUT2D eigenvalue weighted by Gasteiger charge is 2.35. The highest BCUT2D eigenvalue weighted by atomic mass is 19.4. The minimum Gasteiger partial charge on any atom is -0.363 e. The predicted molar refractivity (Wildman–Crippen MR) is 95.8 cm³/mol. The van der Waals surface area contributed by atoms with Crippen molar-refractivity contribution in [2.75, 3.05) is 50.1 Å². The van der Waals surface area contributed by atoms with Crippen molar-refractivity contribution in [1.82, 2.24) is 20.2 Å². The summed E-state index contributed by atoms with van der Waals surface area (Å²) in [6.07, 6.45) is -2.46. The predicted octanol–water partition coefficient (Wildman–Crippen LogP) is 1.35. The molecule has 1 aromatic rings. The van der Waals surface area contributed by atoms with Crippen LogP contribution in [-0.2, 0) is 11.0 Å². The second kappa shape index (κ2) is 7.49. The Kier molecular flexibility index (Phi) is 5.45. The van der Waals surface area contributed by atoms with E-state index in [2.05, 4.69) is 15.3 Å². The van der Waals surface area contributed by atoms with E-state index in [-0.39, 0.29) is 23.7 Å². The van der Waals surface area contributed by atoms with Gasteiger partial charge >= 0.3 is 6.18 Å². The largest absolute Gasteiger partial charge is 0.433 e. The van der Waals surface area contributed by atoms with Gasteiger partial charge in [-0.25, -0.2) is 4.98 Å². The number of amides is 1. The van der Waals surface area contributed by atoms with Crippen molar-refractivity contribution in [2.24, 2.45) is 0 Å². The van der Waals surface area contributed by atoms with Crippen LogP contribution in [-0.4, -0.2) is 73.1 Å². The molecule has 3 rings (SSSR count). The molecular formula is C17H25F3N6O. The van der Waals surface area contributed by atoms with E-state index < -0.39 is 11.9 Å². The second-order valence-electron chi connectivity index (χ2n) is 7.29. The maximum Gasteiger partial charge on any atom is 0.433 e. The number of alkyl halides is 3. The van der Waals surface area contributed by atoms with Gasteiger partial charge in [-0.05, 0) is 19.8 Å². The third kappa shape index (κ3) is 4.79. The first-order valence-corrected chi connectivity index (χ1v) is 9.08. The standard InChI is InChI=1S/C17H25F3N6O/c1-11(15(27)21-12-4-5-12)25-6-8-26(9-7-25)16-22-13(17(18,19)20)10-14(23-16)24(2)3/h10-12H,4-9H2,1-3H3,(H,21,27). The number of carbonyl (C=O) groups is 1. The molecule has 2 fully saturated rings. The minimum absolute atomic E-state index is 0.0103. The number of hydrogen-bond donors (Lipinski definition) is 1. The minimum atomic E-state index is -4.53. The molecule has 1 unspecified atom stereocenters. The van der Waals surface area contributed by atoms with Crippen LogP contribution >= 0.6 is 0 Å². The van der Waals surface area contributed by atoms with Crippen molar-refractivity contribution in [3.05, 3.63) is 11.8 Å². The van der Waals surface area contributed by atoms with E-state index in [1.54, 1.807) is 19.0 Å². The molecule has 27 heavy (non-hydrogen) atoms. The van der Waals surface area contributed by atoms with Crippen LogP contribution in [0.1, 0.15) is 25.5 Å². The molecular weight excluding hydrogens is 361 g/mol. The summed E-state index contributed by atoms with van der Waals surface area (Å²) in [6, 6.07) is 1.00. The van der Waals surface area contributed by atoms with Gasteiger partial charge in [-0.15, -0.1) is 0 Å². The van der Waals surface area contributed by atoms with Gasteiger partial charge < -0.3 is 15.1 Å². The Morgan fingerprint density at radius 3 is 2.37 bits per heavy atom. The van der Waals surface area contributed by atoms with Crippen LogP contribution in [0.2, 0.25) is 0 Å². The van der Waals surface area contributed by atoms with Gasteiger partial charge in [0.1, 0.15) is 5.82 Å². The van der Waals surface area contributed by atoms with Crippen molar-refractivity contribution in [3.63, 3.8) is 0 Å². The topological polar surface area (TPSA) is 64.6 Å². The van der Waals surface area contributed by atoms with Gasteiger partial charge in [0.05, 0.1) is 6.04 Å². The fourth-order valence-electron chi connectivity index (χ4n) is 2.96. The molecule has 0 aromatic carbocycles. The maximum atomic E-state index is 13.2.